The molecule has 4 aromatic rings. The largest absolute Gasteiger partial charge is 0.494 e. The zero-order valence-electron chi connectivity index (χ0n) is 26.0. The number of hydrogen-bond acceptors (Lipinski definition) is 9. The maximum absolute atomic E-state index is 13.2. The Kier molecular flexibility index (Phi) is 12.9. The summed E-state index contributed by atoms with van der Waals surface area (Å²) in [5.41, 5.74) is 1.43. The summed E-state index contributed by atoms with van der Waals surface area (Å²) in [7, 11) is 0. The summed E-state index contributed by atoms with van der Waals surface area (Å²) in [6.45, 7) is 8.23. The van der Waals surface area contributed by atoms with Crippen LogP contribution in [0.2, 0.25) is 0 Å². The third-order valence-corrected chi connectivity index (χ3v) is 6.93. The molecule has 0 aliphatic heterocycles. The van der Waals surface area contributed by atoms with Gasteiger partial charge in [0.1, 0.15) is 17.2 Å². The van der Waals surface area contributed by atoms with Crippen molar-refractivity contribution < 1.29 is 42.9 Å². The summed E-state index contributed by atoms with van der Waals surface area (Å²) in [5.74, 6) is 0.125. The SMILES string of the molecule is C=CC(=O)OCCCCOc1ccc(C(=O)Oc2ccc3cc(C(=O)c4ccc(OCCCCOC(=O)C=C)cc4)ccc3c2)cc1. The summed E-state index contributed by atoms with van der Waals surface area (Å²) in [5, 5.41) is 1.65. The highest BCUT2D eigenvalue weighted by Crippen LogP contribution is 2.25. The lowest BCUT2D eigenvalue weighted by Crippen LogP contribution is -2.08. The van der Waals surface area contributed by atoms with Crippen molar-refractivity contribution >= 4 is 34.5 Å². The maximum atomic E-state index is 13.2. The van der Waals surface area contributed by atoms with Crippen LogP contribution in [0.4, 0.5) is 0 Å². The fraction of sp³-hybridized carbons (Fsp3) is 0.211. The number of ether oxygens (including phenoxy) is 5. The van der Waals surface area contributed by atoms with Crippen molar-refractivity contribution in [2.45, 2.75) is 25.7 Å². The monoisotopic (exact) mass is 636 g/mol. The highest BCUT2D eigenvalue weighted by molar-refractivity contribution is 6.10. The summed E-state index contributed by atoms with van der Waals surface area (Å²) in [6.07, 6.45) is 5.02. The van der Waals surface area contributed by atoms with E-state index in [1.807, 2.05) is 6.07 Å². The predicted octanol–water partition coefficient (Wildman–Crippen LogP) is 7.07. The lowest BCUT2D eigenvalue weighted by molar-refractivity contribution is -0.138. The molecule has 0 atom stereocenters. The Balaban J connectivity index is 1.25. The highest BCUT2D eigenvalue weighted by Gasteiger charge is 2.13. The van der Waals surface area contributed by atoms with Crippen LogP contribution in [0.5, 0.6) is 17.2 Å². The molecule has 0 aliphatic carbocycles. The van der Waals surface area contributed by atoms with Crippen LogP contribution in [-0.2, 0) is 19.1 Å². The topological polar surface area (TPSA) is 114 Å². The standard InChI is InChI=1S/C38H36O9/c1-3-35(39)45-23-7-5-21-43-32-16-11-27(12-17-32)37(41)31-10-9-30-26-34(20-15-29(30)25-31)47-38(42)28-13-18-33(19-14-28)44-22-6-8-24-46-36(40)4-2/h3-4,9-20,25-26H,1-2,5-8,21-24H2. The van der Waals surface area contributed by atoms with Gasteiger partial charge in [-0.2, -0.15) is 0 Å². The molecule has 0 saturated carbocycles. The van der Waals surface area contributed by atoms with Gasteiger partial charge in [-0.25, -0.2) is 14.4 Å². The molecule has 47 heavy (non-hydrogen) atoms. The average Bonchev–Trinajstić information content (AvgIpc) is 3.10. The summed E-state index contributed by atoms with van der Waals surface area (Å²) in [4.78, 5) is 48.0. The van der Waals surface area contributed by atoms with E-state index < -0.39 is 17.9 Å². The second kappa shape index (κ2) is 17.7. The van der Waals surface area contributed by atoms with Gasteiger partial charge in [0.2, 0.25) is 0 Å². The molecular weight excluding hydrogens is 600 g/mol. The number of rotatable bonds is 18. The molecule has 0 bridgehead atoms. The van der Waals surface area contributed by atoms with Crippen molar-refractivity contribution in [2.24, 2.45) is 0 Å². The highest BCUT2D eigenvalue weighted by atomic mass is 16.5. The van der Waals surface area contributed by atoms with Crippen LogP contribution in [0.3, 0.4) is 0 Å². The Morgan fingerprint density at radius 1 is 0.511 bits per heavy atom. The molecule has 0 radical (unpaired) electrons. The van der Waals surface area contributed by atoms with Crippen LogP contribution in [0, 0.1) is 0 Å². The minimum absolute atomic E-state index is 0.126. The normalized spacial score (nSPS) is 10.5. The maximum Gasteiger partial charge on any atom is 0.343 e. The molecule has 9 heteroatoms. The van der Waals surface area contributed by atoms with Gasteiger partial charge < -0.3 is 23.7 Å². The van der Waals surface area contributed by atoms with Crippen molar-refractivity contribution in [3.8, 4) is 17.2 Å². The van der Waals surface area contributed by atoms with Crippen molar-refractivity contribution in [1.82, 2.24) is 0 Å². The quantitative estimate of drug-likeness (QED) is 0.0372. The van der Waals surface area contributed by atoms with Gasteiger partial charge in [-0.05, 0) is 103 Å². The number of unbranched alkanes of at least 4 members (excludes halogenated alkanes) is 2. The van der Waals surface area contributed by atoms with Gasteiger partial charge in [-0.3, -0.25) is 4.79 Å². The molecule has 0 N–H and O–H groups in total. The van der Waals surface area contributed by atoms with E-state index >= 15 is 0 Å². The fourth-order valence-corrected chi connectivity index (χ4v) is 4.40. The minimum atomic E-state index is -0.506. The van der Waals surface area contributed by atoms with E-state index in [0.29, 0.717) is 86.0 Å². The van der Waals surface area contributed by atoms with E-state index in [-0.39, 0.29) is 5.78 Å². The molecule has 0 unspecified atom stereocenters. The van der Waals surface area contributed by atoms with Crippen LogP contribution in [0.25, 0.3) is 10.8 Å². The molecule has 0 aliphatic rings. The molecule has 0 spiro atoms. The first-order valence-corrected chi connectivity index (χ1v) is 15.2. The molecular formula is C38H36O9. The van der Waals surface area contributed by atoms with Gasteiger partial charge in [0.25, 0.3) is 0 Å². The van der Waals surface area contributed by atoms with E-state index in [0.717, 1.165) is 22.9 Å². The molecule has 0 saturated heterocycles. The van der Waals surface area contributed by atoms with Crippen molar-refractivity contribution in [3.63, 3.8) is 0 Å². The average molecular weight is 637 g/mol. The van der Waals surface area contributed by atoms with Gasteiger partial charge in [0, 0.05) is 23.3 Å². The number of esters is 3. The molecule has 0 aromatic heterocycles. The van der Waals surface area contributed by atoms with Crippen molar-refractivity contribution in [3.05, 3.63) is 127 Å². The Morgan fingerprint density at radius 3 is 1.51 bits per heavy atom. The van der Waals surface area contributed by atoms with Gasteiger partial charge in [-0.1, -0.05) is 31.4 Å². The Labute approximate surface area is 273 Å². The second-order valence-corrected chi connectivity index (χ2v) is 10.3. The van der Waals surface area contributed by atoms with Crippen LogP contribution < -0.4 is 14.2 Å². The zero-order chi connectivity index (χ0) is 33.4. The van der Waals surface area contributed by atoms with E-state index in [2.05, 4.69) is 13.2 Å². The first-order chi connectivity index (χ1) is 22.9. The lowest BCUT2D eigenvalue weighted by Gasteiger charge is -2.09. The summed E-state index contributed by atoms with van der Waals surface area (Å²) >= 11 is 0. The predicted molar refractivity (Wildman–Crippen MR) is 177 cm³/mol. The Morgan fingerprint density at radius 2 is 0.957 bits per heavy atom. The molecule has 0 fully saturated rings. The summed E-state index contributed by atoms with van der Waals surface area (Å²) in [6, 6.07) is 24.2. The van der Waals surface area contributed by atoms with Crippen LogP contribution >= 0.6 is 0 Å². The minimum Gasteiger partial charge on any atom is -0.494 e. The zero-order valence-corrected chi connectivity index (χ0v) is 26.0. The first-order valence-electron chi connectivity index (χ1n) is 15.2. The van der Waals surface area contributed by atoms with E-state index in [9.17, 15) is 19.2 Å². The van der Waals surface area contributed by atoms with E-state index in [1.165, 1.54) is 0 Å². The molecule has 9 nitrogen and oxygen atoms in total. The van der Waals surface area contributed by atoms with Gasteiger partial charge in [0.15, 0.2) is 5.78 Å². The third kappa shape index (κ3) is 10.7. The molecule has 0 amide bonds. The van der Waals surface area contributed by atoms with E-state index in [4.69, 9.17) is 23.7 Å². The molecule has 242 valence electrons. The van der Waals surface area contributed by atoms with Gasteiger partial charge in [-0.15, -0.1) is 0 Å². The van der Waals surface area contributed by atoms with Crippen LogP contribution in [-0.4, -0.2) is 50.1 Å². The Hall–Kier alpha value is -5.70. The number of carbonyl (C=O) groups excluding carboxylic acids is 4. The lowest BCUT2D eigenvalue weighted by atomic mass is 10.00. The van der Waals surface area contributed by atoms with Gasteiger partial charge in [0.05, 0.1) is 32.0 Å². The fourth-order valence-electron chi connectivity index (χ4n) is 4.40. The van der Waals surface area contributed by atoms with Crippen LogP contribution in [0.15, 0.2) is 110 Å². The molecule has 0 heterocycles. The first kappa shape index (κ1) is 34.2. The number of carbonyl (C=O) groups is 4. The molecule has 4 aromatic carbocycles. The number of benzene rings is 4. The third-order valence-electron chi connectivity index (χ3n) is 6.93. The number of fused-ring (bicyclic) bond motifs is 1. The second-order valence-electron chi connectivity index (χ2n) is 10.3. The summed E-state index contributed by atoms with van der Waals surface area (Å²) < 4.78 is 26.8. The van der Waals surface area contributed by atoms with E-state index in [1.54, 1.807) is 78.9 Å². The Bertz CT molecular complexity index is 1710. The smallest absolute Gasteiger partial charge is 0.343 e. The van der Waals surface area contributed by atoms with Crippen LogP contribution in [0.1, 0.15) is 52.0 Å². The van der Waals surface area contributed by atoms with Crippen molar-refractivity contribution in [2.75, 3.05) is 26.4 Å². The van der Waals surface area contributed by atoms with Gasteiger partial charge >= 0.3 is 17.9 Å². The molecule has 4 rings (SSSR count). The number of hydrogen-bond donors (Lipinski definition) is 0. The number of ketones is 1. The van der Waals surface area contributed by atoms with Crippen molar-refractivity contribution in [1.29, 1.82) is 0 Å².